The molecule has 1 aromatic carbocycles. The zero-order valence-corrected chi connectivity index (χ0v) is 12.1. The van der Waals surface area contributed by atoms with E-state index in [0.29, 0.717) is 6.04 Å². The van der Waals surface area contributed by atoms with Gasteiger partial charge in [-0.25, -0.2) is 0 Å². The predicted molar refractivity (Wildman–Crippen MR) is 74.0 cm³/mol. The van der Waals surface area contributed by atoms with Gasteiger partial charge in [0.1, 0.15) is 0 Å². The van der Waals surface area contributed by atoms with E-state index in [4.69, 9.17) is 4.74 Å². The first-order valence-electron chi connectivity index (χ1n) is 6.17. The Bertz CT molecular complexity index is 378. The Kier molecular flexibility index (Phi) is 4.23. The second kappa shape index (κ2) is 5.51. The molecule has 2 rings (SSSR count). The lowest BCUT2D eigenvalue weighted by atomic mass is 9.94. The molecule has 0 radical (unpaired) electrons. The smallest absolute Gasteiger partial charge is 0.0641 e. The molecule has 1 unspecified atom stereocenters. The van der Waals surface area contributed by atoms with E-state index in [1.165, 1.54) is 5.56 Å². The van der Waals surface area contributed by atoms with E-state index >= 15 is 0 Å². The van der Waals surface area contributed by atoms with E-state index in [0.717, 1.165) is 30.5 Å². The summed E-state index contributed by atoms with van der Waals surface area (Å²) in [5.74, 6) is 0. The molecule has 94 valence electrons. The van der Waals surface area contributed by atoms with E-state index in [1.807, 2.05) is 0 Å². The largest absolute Gasteiger partial charge is 0.375 e. The molecular formula is C14H20BrNO. The van der Waals surface area contributed by atoms with Crippen molar-refractivity contribution < 1.29 is 4.74 Å². The molecule has 0 bridgehead atoms. The van der Waals surface area contributed by atoms with E-state index in [1.54, 1.807) is 0 Å². The van der Waals surface area contributed by atoms with Gasteiger partial charge in [0.25, 0.3) is 0 Å². The monoisotopic (exact) mass is 297 g/mol. The lowest BCUT2D eigenvalue weighted by Gasteiger charge is -2.36. The van der Waals surface area contributed by atoms with Gasteiger partial charge < -0.3 is 10.1 Å². The van der Waals surface area contributed by atoms with Crippen molar-refractivity contribution in [2.75, 3.05) is 6.61 Å². The van der Waals surface area contributed by atoms with E-state index in [-0.39, 0.29) is 5.60 Å². The Labute approximate surface area is 112 Å². The number of rotatable bonds is 3. The molecule has 0 aliphatic carbocycles. The van der Waals surface area contributed by atoms with Gasteiger partial charge in [0, 0.05) is 23.7 Å². The Morgan fingerprint density at radius 1 is 1.47 bits per heavy atom. The summed E-state index contributed by atoms with van der Waals surface area (Å²) >= 11 is 3.50. The van der Waals surface area contributed by atoms with Crippen LogP contribution in [-0.2, 0) is 11.3 Å². The molecule has 2 nitrogen and oxygen atoms in total. The van der Waals surface area contributed by atoms with Crippen LogP contribution in [0.1, 0.15) is 32.3 Å². The van der Waals surface area contributed by atoms with Gasteiger partial charge in [-0.15, -0.1) is 0 Å². The molecule has 0 aromatic heterocycles. The van der Waals surface area contributed by atoms with Crippen LogP contribution in [0.15, 0.2) is 28.7 Å². The highest BCUT2D eigenvalue weighted by Gasteiger charge is 2.28. The Balaban J connectivity index is 1.86. The first-order chi connectivity index (χ1) is 8.05. The minimum atomic E-state index is 0.0210. The highest BCUT2D eigenvalue weighted by Crippen LogP contribution is 2.24. The molecule has 1 N–H and O–H groups in total. The van der Waals surface area contributed by atoms with Crippen LogP contribution in [0.2, 0.25) is 0 Å². The highest BCUT2D eigenvalue weighted by atomic mass is 79.9. The Morgan fingerprint density at radius 3 is 3.00 bits per heavy atom. The molecule has 1 heterocycles. The molecule has 3 heteroatoms. The van der Waals surface area contributed by atoms with Gasteiger partial charge >= 0.3 is 0 Å². The summed E-state index contributed by atoms with van der Waals surface area (Å²) in [6.07, 6.45) is 2.19. The van der Waals surface area contributed by atoms with Crippen molar-refractivity contribution >= 4 is 15.9 Å². The summed E-state index contributed by atoms with van der Waals surface area (Å²) in [7, 11) is 0. The van der Waals surface area contributed by atoms with Crippen LogP contribution < -0.4 is 5.32 Å². The molecule has 0 saturated carbocycles. The summed E-state index contributed by atoms with van der Waals surface area (Å²) in [5, 5.41) is 3.62. The van der Waals surface area contributed by atoms with E-state index < -0.39 is 0 Å². The molecule has 1 saturated heterocycles. The third-order valence-electron chi connectivity index (χ3n) is 3.18. The second-order valence-corrected chi connectivity index (χ2v) is 6.22. The maximum atomic E-state index is 5.72. The van der Waals surface area contributed by atoms with Gasteiger partial charge in [-0.3, -0.25) is 0 Å². The minimum Gasteiger partial charge on any atom is -0.375 e. The summed E-state index contributed by atoms with van der Waals surface area (Å²) in [5.41, 5.74) is 1.34. The second-order valence-electron chi connectivity index (χ2n) is 5.31. The standard InChI is InChI=1S/C14H20BrNO/c1-14(2)9-13(6-7-17-14)16-10-11-4-3-5-12(15)8-11/h3-5,8,13,16H,6-7,9-10H2,1-2H3. The lowest BCUT2D eigenvalue weighted by Crippen LogP contribution is -2.43. The van der Waals surface area contributed by atoms with Gasteiger partial charge in [-0.2, -0.15) is 0 Å². The molecule has 0 spiro atoms. The number of benzene rings is 1. The highest BCUT2D eigenvalue weighted by molar-refractivity contribution is 9.10. The zero-order valence-electron chi connectivity index (χ0n) is 10.5. The van der Waals surface area contributed by atoms with Gasteiger partial charge in [-0.1, -0.05) is 28.1 Å². The first kappa shape index (κ1) is 13.1. The summed E-state index contributed by atoms with van der Waals surface area (Å²) < 4.78 is 6.86. The molecule has 1 aliphatic rings. The maximum Gasteiger partial charge on any atom is 0.0641 e. The van der Waals surface area contributed by atoms with Crippen molar-refractivity contribution in [3.05, 3.63) is 34.3 Å². The fourth-order valence-electron chi connectivity index (χ4n) is 2.32. The number of hydrogen-bond acceptors (Lipinski definition) is 2. The van der Waals surface area contributed by atoms with Crippen LogP contribution >= 0.6 is 15.9 Å². The molecule has 1 aliphatic heterocycles. The average molecular weight is 298 g/mol. The van der Waals surface area contributed by atoms with Crippen molar-refractivity contribution in [1.82, 2.24) is 5.32 Å². The lowest BCUT2D eigenvalue weighted by molar-refractivity contribution is -0.0630. The SMILES string of the molecule is CC1(C)CC(NCc2cccc(Br)c2)CCO1. The van der Waals surface area contributed by atoms with Crippen LogP contribution in [0.25, 0.3) is 0 Å². The number of hydrogen-bond donors (Lipinski definition) is 1. The Morgan fingerprint density at radius 2 is 2.29 bits per heavy atom. The van der Waals surface area contributed by atoms with Crippen LogP contribution in [0.3, 0.4) is 0 Å². The average Bonchev–Trinajstić information content (AvgIpc) is 2.25. The van der Waals surface area contributed by atoms with Crippen LogP contribution in [0.4, 0.5) is 0 Å². The van der Waals surface area contributed by atoms with Crippen LogP contribution in [-0.4, -0.2) is 18.2 Å². The molecule has 1 fully saturated rings. The molecule has 1 atom stereocenters. The first-order valence-corrected chi connectivity index (χ1v) is 6.96. The summed E-state index contributed by atoms with van der Waals surface area (Å²) in [4.78, 5) is 0. The van der Waals surface area contributed by atoms with Crippen molar-refractivity contribution in [2.24, 2.45) is 0 Å². The fourth-order valence-corrected chi connectivity index (χ4v) is 2.76. The molecule has 0 amide bonds. The number of nitrogens with one attached hydrogen (secondary N) is 1. The van der Waals surface area contributed by atoms with Crippen molar-refractivity contribution in [3.63, 3.8) is 0 Å². The van der Waals surface area contributed by atoms with Gasteiger partial charge in [0.2, 0.25) is 0 Å². The topological polar surface area (TPSA) is 21.3 Å². The van der Waals surface area contributed by atoms with Gasteiger partial charge in [0.15, 0.2) is 0 Å². The van der Waals surface area contributed by atoms with Crippen LogP contribution in [0.5, 0.6) is 0 Å². The quantitative estimate of drug-likeness (QED) is 0.922. The third-order valence-corrected chi connectivity index (χ3v) is 3.67. The fraction of sp³-hybridized carbons (Fsp3) is 0.571. The minimum absolute atomic E-state index is 0.0210. The predicted octanol–water partition coefficient (Wildman–Crippen LogP) is 3.50. The summed E-state index contributed by atoms with van der Waals surface area (Å²) in [6.45, 7) is 6.13. The molecular weight excluding hydrogens is 278 g/mol. The van der Waals surface area contributed by atoms with Crippen molar-refractivity contribution in [1.29, 1.82) is 0 Å². The van der Waals surface area contributed by atoms with Gasteiger partial charge in [-0.05, 0) is 44.4 Å². The van der Waals surface area contributed by atoms with Crippen molar-refractivity contribution in [2.45, 2.75) is 44.9 Å². The Hall–Kier alpha value is -0.380. The normalized spacial score (nSPS) is 23.6. The zero-order chi connectivity index (χ0) is 12.3. The summed E-state index contributed by atoms with van der Waals surface area (Å²) in [6, 6.07) is 9.02. The number of ether oxygens (including phenoxy) is 1. The van der Waals surface area contributed by atoms with Crippen LogP contribution in [0, 0.1) is 0 Å². The third kappa shape index (κ3) is 4.09. The maximum absolute atomic E-state index is 5.72. The van der Waals surface area contributed by atoms with E-state index in [9.17, 15) is 0 Å². The molecule has 17 heavy (non-hydrogen) atoms. The number of halogens is 1. The van der Waals surface area contributed by atoms with Gasteiger partial charge in [0.05, 0.1) is 5.60 Å². The van der Waals surface area contributed by atoms with E-state index in [2.05, 4.69) is 59.4 Å². The van der Waals surface area contributed by atoms with Crippen molar-refractivity contribution in [3.8, 4) is 0 Å². The molecule has 1 aromatic rings.